The summed E-state index contributed by atoms with van der Waals surface area (Å²) in [7, 11) is 0. The first-order valence-electron chi connectivity index (χ1n) is 8.53. The molecule has 6 heteroatoms. The van der Waals surface area contributed by atoms with Gasteiger partial charge in [-0.3, -0.25) is 20.4 Å². The average molecular weight is 316 g/mol. The fourth-order valence-electron chi connectivity index (χ4n) is 3.57. The first-order chi connectivity index (χ1) is 11.2. The van der Waals surface area contributed by atoms with Crippen LogP contribution in [0, 0.1) is 10.1 Å². The standard InChI is InChI=1S/C17H24N4O2/c22-21(23)17-9-5-4-8-16(17)19-18-14-10-12-20(13-11-14)15-6-2-1-3-7-15/h4-5,8-9,15,19H,1-3,6-7,10-13H2. The van der Waals surface area contributed by atoms with Gasteiger partial charge in [-0.2, -0.15) is 5.10 Å². The summed E-state index contributed by atoms with van der Waals surface area (Å²) in [6.45, 7) is 2.12. The van der Waals surface area contributed by atoms with Gasteiger partial charge in [-0.1, -0.05) is 31.4 Å². The molecule has 2 fully saturated rings. The minimum Gasteiger partial charge on any atom is -0.300 e. The summed E-state index contributed by atoms with van der Waals surface area (Å²) in [5.41, 5.74) is 4.52. The molecule has 124 valence electrons. The second-order valence-electron chi connectivity index (χ2n) is 6.39. The van der Waals surface area contributed by atoms with Gasteiger partial charge < -0.3 is 0 Å². The SMILES string of the molecule is O=[N+]([O-])c1ccccc1NN=C1CCN(C2CCCCC2)CC1. The van der Waals surface area contributed by atoms with Crippen molar-refractivity contribution in [3.05, 3.63) is 34.4 Å². The number of anilines is 1. The van der Waals surface area contributed by atoms with Crippen LogP contribution in [0.1, 0.15) is 44.9 Å². The Bertz CT molecular complexity index is 572. The van der Waals surface area contributed by atoms with E-state index < -0.39 is 0 Å². The minimum absolute atomic E-state index is 0.0662. The molecule has 3 rings (SSSR count). The van der Waals surface area contributed by atoms with Gasteiger partial charge in [-0.25, -0.2) is 0 Å². The predicted octanol–water partition coefficient (Wildman–Crippen LogP) is 3.79. The number of para-hydroxylation sites is 2. The van der Waals surface area contributed by atoms with E-state index in [0.717, 1.165) is 37.7 Å². The van der Waals surface area contributed by atoms with Crippen LogP contribution >= 0.6 is 0 Å². The third-order valence-corrected chi connectivity index (χ3v) is 4.90. The molecule has 1 aromatic rings. The Hall–Kier alpha value is -1.95. The molecule has 0 spiro atoms. The number of rotatable bonds is 4. The number of nitro benzene ring substituents is 1. The van der Waals surface area contributed by atoms with Crippen LogP contribution in [0.3, 0.4) is 0 Å². The number of nitrogens with zero attached hydrogens (tertiary/aromatic N) is 3. The first-order valence-corrected chi connectivity index (χ1v) is 8.53. The minimum atomic E-state index is -0.381. The number of likely N-dealkylation sites (tertiary alicyclic amines) is 1. The van der Waals surface area contributed by atoms with Crippen molar-refractivity contribution in [1.82, 2.24) is 4.90 Å². The first kappa shape index (κ1) is 15.9. The van der Waals surface area contributed by atoms with Gasteiger partial charge in [0, 0.05) is 43.8 Å². The number of hydrogen-bond acceptors (Lipinski definition) is 5. The van der Waals surface area contributed by atoms with Gasteiger partial charge in [0.25, 0.3) is 5.69 Å². The van der Waals surface area contributed by atoms with Gasteiger partial charge in [-0.15, -0.1) is 0 Å². The molecule has 1 heterocycles. The zero-order valence-corrected chi connectivity index (χ0v) is 13.4. The van der Waals surface area contributed by atoms with E-state index in [1.165, 1.54) is 38.2 Å². The second-order valence-corrected chi connectivity index (χ2v) is 6.39. The smallest absolute Gasteiger partial charge is 0.294 e. The summed E-state index contributed by atoms with van der Waals surface area (Å²) >= 11 is 0. The predicted molar refractivity (Wildman–Crippen MR) is 91.8 cm³/mol. The van der Waals surface area contributed by atoms with Crippen LogP contribution in [0.5, 0.6) is 0 Å². The molecule has 6 nitrogen and oxygen atoms in total. The quantitative estimate of drug-likeness (QED) is 0.677. The van der Waals surface area contributed by atoms with E-state index in [1.807, 2.05) is 0 Å². The fraction of sp³-hybridized carbons (Fsp3) is 0.588. The van der Waals surface area contributed by atoms with Crippen molar-refractivity contribution >= 4 is 17.1 Å². The molecular weight excluding hydrogens is 292 g/mol. The van der Waals surface area contributed by atoms with E-state index in [-0.39, 0.29) is 10.6 Å². The molecule has 1 saturated carbocycles. The highest BCUT2D eigenvalue weighted by Gasteiger charge is 2.24. The Labute approximate surface area is 136 Å². The second kappa shape index (κ2) is 7.55. The molecular formula is C17H24N4O2. The number of nitro groups is 1. The summed E-state index contributed by atoms with van der Waals surface area (Å²) in [5, 5.41) is 15.4. The van der Waals surface area contributed by atoms with E-state index in [1.54, 1.807) is 18.2 Å². The monoisotopic (exact) mass is 316 g/mol. The molecule has 1 saturated heterocycles. The molecule has 1 aliphatic heterocycles. The van der Waals surface area contributed by atoms with E-state index in [9.17, 15) is 10.1 Å². The van der Waals surface area contributed by atoms with E-state index in [4.69, 9.17) is 0 Å². The summed E-state index contributed by atoms with van der Waals surface area (Å²) in [5.74, 6) is 0. The number of piperidine rings is 1. The van der Waals surface area contributed by atoms with Gasteiger partial charge in [-0.05, 0) is 18.9 Å². The lowest BCUT2D eigenvalue weighted by atomic mass is 9.92. The van der Waals surface area contributed by atoms with Gasteiger partial charge in [0.1, 0.15) is 5.69 Å². The average Bonchev–Trinajstić information content (AvgIpc) is 2.61. The Balaban J connectivity index is 1.55. The highest BCUT2D eigenvalue weighted by molar-refractivity contribution is 5.86. The maximum atomic E-state index is 11.0. The summed E-state index contributed by atoms with van der Waals surface area (Å²) in [6, 6.07) is 7.39. The van der Waals surface area contributed by atoms with Crippen LogP contribution in [0.2, 0.25) is 0 Å². The van der Waals surface area contributed by atoms with Crippen LogP contribution in [-0.2, 0) is 0 Å². The normalized spacial score (nSPS) is 20.3. The molecule has 1 N–H and O–H groups in total. The topological polar surface area (TPSA) is 70.8 Å². The van der Waals surface area contributed by atoms with Gasteiger partial charge >= 0.3 is 0 Å². The third kappa shape index (κ3) is 4.07. The van der Waals surface area contributed by atoms with Crippen molar-refractivity contribution in [3.8, 4) is 0 Å². The Kier molecular flexibility index (Phi) is 5.23. The molecule has 0 atom stereocenters. The van der Waals surface area contributed by atoms with Crippen molar-refractivity contribution in [2.24, 2.45) is 5.10 Å². The maximum Gasteiger partial charge on any atom is 0.294 e. The Morgan fingerprint density at radius 3 is 2.52 bits per heavy atom. The number of benzene rings is 1. The van der Waals surface area contributed by atoms with Crippen LogP contribution in [-0.4, -0.2) is 34.7 Å². The molecule has 1 aromatic carbocycles. The third-order valence-electron chi connectivity index (χ3n) is 4.90. The van der Waals surface area contributed by atoms with Gasteiger partial charge in [0.2, 0.25) is 0 Å². The summed E-state index contributed by atoms with van der Waals surface area (Å²) < 4.78 is 0. The molecule has 2 aliphatic rings. The number of hydrogen-bond donors (Lipinski definition) is 1. The highest BCUT2D eigenvalue weighted by Crippen LogP contribution is 2.26. The maximum absolute atomic E-state index is 11.0. The number of hydrazone groups is 1. The Morgan fingerprint density at radius 1 is 1.13 bits per heavy atom. The molecule has 0 unspecified atom stereocenters. The molecule has 0 amide bonds. The van der Waals surface area contributed by atoms with Crippen LogP contribution in [0.4, 0.5) is 11.4 Å². The zero-order valence-electron chi connectivity index (χ0n) is 13.4. The summed E-state index contributed by atoms with van der Waals surface area (Å²) in [4.78, 5) is 13.2. The molecule has 0 radical (unpaired) electrons. The van der Waals surface area contributed by atoms with Gasteiger partial charge in [0.15, 0.2) is 0 Å². The van der Waals surface area contributed by atoms with E-state index in [0.29, 0.717) is 5.69 Å². The molecule has 0 bridgehead atoms. The highest BCUT2D eigenvalue weighted by atomic mass is 16.6. The van der Waals surface area contributed by atoms with Crippen molar-refractivity contribution in [1.29, 1.82) is 0 Å². The fourth-order valence-corrected chi connectivity index (χ4v) is 3.57. The van der Waals surface area contributed by atoms with Gasteiger partial charge in [0.05, 0.1) is 4.92 Å². The lowest BCUT2D eigenvalue weighted by Gasteiger charge is -2.37. The summed E-state index contributed by atoms with van der Waals surface area (Å²) in [6.07, 6.45) is 8.68. The van der Waals surface area contributed by atoms with Crippen molar-refractivity contribution in [3.63, 3.8) is 0 Å². The Morgan fingerprint density at radius 2 is 1.83 bits per heavy atom. The zero-order chi connectivity index (χ0) is 16.1. The lowest BCUT2D eigenvalue weighted by molar-refractivity contribution is -0.384. The lowest BCUT2D eigenvalue weighted by Crippen LogP contribution is -2.42. The van der Waals surface area contributed by atoms with Crippen LogP contribution in [0.25, 0.3) is 0 Å². The van der Waals surface area contributed by atoms with Crippen molar-refractivity contribution < 1.29 is 4.92 Å². The van der Waals surface area contributed by atoms with Crippen LogP contribution in [0.15, 0.2) is 29.4 Å². The molecule has 0 aromatic heterocycles. The van der Waals surface area contributed by atoms with E-state index >= 15 is 0 Å². The van der Waals surface area contributed by atoms with E-state index in [2.05, 4.69) is 15.4 Å². The number of nitrogens with one attached hydrogen (secondary N) is 1. The molecule has 23 heavy (non-hydrogen) atoms. The molecule has 1 aliphatic carbocycles. The largest absolute Gasteiger partial charge is 0.300 e. The van der Waals surface area contributed by atoms with Crippen molar-refractivity contribution in [2.75, 3.05) is 18.5 Å². The van der Waals surface area contributed by atoms with Crippen LogP contribution < -0.4 is 5.43 Å². The van der Waals surface area contributed by atoms with Crippen molar-refractivity contribution in [2.45, 2.75) is 51.0 Å².